The van der Waals surface area contributed by atoms with Crippen LogP contribution in [0.1, 0.15) is 25.0 Å². The highest BCUT2D eigenvalue weighted by atomic mass is 79.9. The van der Waals surface area contributed by atoms with E-state index in [1.54, 1.807) is 81.6 Å². The molecule has 2 amide bonds. The summed E-state index contributed by atoms with van der Waals surface area (Å²) < 4.78 is 34.5. The van der Waals surface area contributed by atoms with Crippen LogP contribution >= 0.6 is 15.9 Å². The van der Waals surface area contributed by atoms with E-state index >= 15 is 0 Å². The van der Waals surface area contributed by atoms with Crippen LogP contribution in [0.3, 0.4) is 0 Å². The lowest BCUT2D eigenvalue weighted by Gasteiger charge is -2.32. The van der Waals surface area contributed by atoms with Crippen molar-refractivity contribution in [3.8, 4) is 5.75 Å². The summed E-state index contributed by atoms with van der Waals surface area (Å²) in [6, 6.07) is 19.5. The number of aryl methyl sites for hydroxylation is 1. The van der Waals surface area contributed by atoms with Gasteiger partial charge < -0.3 is 15.0 Å². The molecule has 0 aliphatic rings. The van der Waals surface area contributed by atoms with Crippen molar-refractivity contribution in [2.75, 3.05) is 24.5 Å². The number of anilines is 1. The molecule has 0 aliphatic heterocycles. The minimum Gasteiger partial charge on any atom is -0.497 e. The number of carbonyl (C=O) groups excluding carboxylic acids is 2. The van der Waals surface area contributed by atoms with E-state index < -0.39 is 28.5 Å². The summed E-state index contributed by atoms with van der Waals surface area (Å²) in [5.41, 5.74) is 2.00. The number of halogens is 1. The lowest BCUT2D eigenvalue weighted by Crippen LogP contribution is -2.51. The highest BCUT2D eigenvalue weighted by Gasteiger charge is 2.32. The maximum Gasteiger partial charge on any atom is 0.264 e. The molecule has 0 radical (unpaired) electrons. The van der Waals surface area contributed by atoms with Gasteiger partial charge in [-0.2, -0.15) is 0 Å². The quantitative estimate of drug-likeness (QED) is 0.349. The van der Waals surface area contributed by atoms with Crippen molar-refractivity contribution < 1.29 is 22.7 Å². The molecule has 1 N–H and O–H groups in total. The summed E-state index contributed by atoms with van der Waals surface area (Å²) in [5.74, 6) is -0.187. The third-order valence-corrected chi connectivity index (χ3v) is 8.30. The van der Waals surface area contributed by atoms with Crippen molar-refractivity contribution in [1.29, 1.82) is 0 Å². The van der Waals surface area contributed by atoms with Gasteiger partial charge in [-0.3, -0.25) is 13.9 Å². The first-order valence-electron chi connectivity index (χ1n) is 12.1. The van der Waals surface area contributed by atoms with E-state index in [0.717, 1.165) is 15.4 Å². The molecule has 202 valence electrons. The predicted molar refractivity (Wildman–Crippen MR) is 152 cm³/mol. The van der Waals surface area contributed by atoms with Gasteiger partial charge in [0.25, 0.3) is 10.0 Å². The van der Waals surface area contributed by atoms with E-state index in [-0.39, 0.29) is 17.3 Å². The van der Waals surface area contributed by atoms with Crippen LogP contribution < -0.4 is 14.4 Å². The van der Waals surface area contributed by atoms with E-state index in [2.05, 4.69) is 21.2 Å². The third-order valence-electron chi connectivity index (χ3n) is 6.01. The van der Waals surface area contributed by atoms with Crippen LogP contribution in [0.25, 0.3) is 0 Å². The number of nitrogens with one attached hydrogen (secondary N) is 1. The Balaban J connectivity index is 2.02. The van der Waals surface area contributed by atoms with Crippen LogP contribution in [-0.4, -0.2) is 51.4 Å². The highest BCUT2D eigenvalue weighted by Crippen LogP contribution is 2.27. The minimum absolute atomic E-state index is 0.0642. The second-order valence-corrected chi connectivity index (χ2v) is 11.5. The first-order chi connectivity index (χ1) is 18.1. The van der Waals surface area contributed by atoms with Gasteiger partial charge in [0.2, 0.25) is 11.8 Å². The maximum absolute atomic E-state index is 13.8. The van der Waals surface area contributed by atoms with E-state index in [1.165, 1.54) is 17.0 Å². The molecule has 3 aromatic rings. The number of rotatable bonds is 11. The smallest absolute Gasteiger partial charge is 0.264 e. The van der Waals surface area contributed by atoms with Crippen LogP contribution in [0.15, 0.2) is 82.2 Å². The average Bonchev–Trinajstić information content (AvgIpc) is 2.90. The number of carbonyl (C=O) groups is 2. The number of nitrogens with zero attached hydrogens (tertiary/aromatic N) is 2. The number of amides is 2. The zero-order valence-corrected chi connectivity index (χ0v) is 24.3. The average molecular weight is 603 g/mol. The Morgan fingerprint density at radius 3 is 2.26 bits per heavy atom. The standard InChI is InChI=1S/C28H32BrN3O5S/c1-5-30-28(34)21(3)31(18-22-11-13-25(37-4)14-12-22)27(33)19-32(24-8-6-7-23(29)17-24)38(35,36)26-15-9-20(2)10-16-26/h6-17,21H,5,18-19H2,1-4H3,(H,30,34)/t21-/m0/s1. The van der Waals surface area contributed by atoms with Gasteiger partial charge >= 0.3 is 0 Å². The molecule has 0 saturated heterocycles. The molecule has 3 rings (SSSR count). The molecule has 1 atom stereocenters. The molecule has 3 aromatic carbocycles. The fourth-order valence-electron chi connectivity index (χ4n) is 3.83. The zero-order chi connectivity index (χ0) is 27.9. The van der Waals surface area contributed by atoms with Crippen molar-refractivity contribution in [2.24, 2.45) is 0 Å². The molecular weight excluding hydrogens is 570 g/mol. The summed E-state index contributed by atoms with van der Waals surface area (Å²) in [7, 11) is -2.54. The van der Waals surface area contributed by atoms with Crippen LogP contribution in [0.4, 0.5) is 5.69 Å². The Hall–Kier alpha value is -3.37. The van der Waals surface area contributed by atoms with E-state index in [4.69, 9.17) is 4.74 Å². The number of ether oxygens (including phenoxy) is 1. The highest BCUT2D eigenvalue weighted by molar-refractivity contribution is 9.10. The Morgan fingerprint density at radius 2 is 1.68 bits per heavy atom. The predicted octanol–water partition coefficient (Wildman–Crippen LogP) is 4.51. The van der Waals surface area contributed by atoms with Crippen LogP contribution in [-0.2, 0) is 26.2 Å². The Morgan fingerprint density at radius 1 is 1.03 bits per heavy atom. The summed E-state index contributed by atoms with van der Waals surface area (Å²) in [5, 5.41) is 2.75. The number of sulfonamides is 1. The van der Waals surface area contributed by atoms with Gasteiger partial charge in [-0.15, -0.1) is 0 Å². The molecule has 0 heterocycles. The van der Waals surface area contributed by atoms with Gasteiger partial charge in [0.1, 0.15) is 18.3 Å². The van der Waals surface area contributed by atoms with Gasteiger partial charge in [0.15, 0.2) is 0 Å². The summed E-state index contributed by atoms with van der Waals surface area (Å²) in [4.78, 5) is 28.0. The van der Waals surface area contributed by atoms with Crippen molar-refractivity contribution >= 4 is 43.5 Å². The van der Waals surface area contributed by atoms with Gasteiger partial charge in [0.05, 0.1) is 17.7 Å². The van der Waals surface area contributed by atoms with Gasteiger partial charge in [0, 0.05) is 17.6 Å². The lowest BCUT2D eigenvalue weighted by molar-refractivity contribution is -0.139. The van der Waals surface area contributed by atoms with Crippen molar-refractivity contribution in [2.45, 2.75) is 38.3 Å². The molecule has 0 spiro atoms. The Kier molecular flexibility index (Phi) is 9.93. The second-order valence-electron chi connectivity index (χ2n) is 8.74. The van der Waals surface area contributed by atoms with E-state index in [0.29, 0.717) is 22.5 Å². The minimum atomic E-state index is -4.11. The zero-order valence-electron chi connectivity index (χ0n) is 21.8. The number of hydrogen-bond donors (Lipinski definition) is 1. The topological polar surface area (TPSA) is 96.0 Å². The van der Waals surface area contributed by atoms with Crippen molar-refractivity contribution in [3.05, 3.63) is 88.4 Å². The van der Waals surface area contributed by atoms with Gasteiger partial charge in [-0.25, -0.2) is 8.42 Å². The van der Waals surface area contributed by atoms with Crippen molar-refractivity contribution in [3.63, 3.8) is 0 Å². The van der Waals surface area contributed by atoms with Crippen molar-refractivity contribution in [1.82, 2.24) is 10.2 Å². The Labute approximate surface area is 232 Å². The third kappa shape index (κ3) is 7.14. The number of benzene rings is 3. The van der Waals surface area contributed by atoms with Gasteiger partial charge in [-0.05, 0) is 68.8 Å². The molecule has 0 unspecified atom stereocenters. The molecule has 0 fully saturated rings. The second kappa shape index (κ2) is 12.9. The number of likely N-dealkylation sites (N-methyl/N-ethyl adjacent to an activating group) is 1. The normalized spacial score (nSPS) is 11.9. The maximum atomic E-state index is 13.8. The van der Waals surface area contributed by atoms with Crippen LogP contribution in [0.2, 0.25) is 0 Å². The molecule has 10 heteroatoms. The molecular formula is C28H32BrN3O5S. The SMILES string of the molecule is CCNC(=O)[C@H](C)N(Cc1ccc(OC)cc1)C(=O)CN(c1cccc(Br)c1)S(=O)(=O)c1ccc(C)cc1. The largest absolute Gasteiger partial charge is 0.497 e. The summed E-state index contributed by atoms with van der Waals surface area (Å²) in [6.07, 6.45) is 0. The Bertz CT molecular complexity index is 1360. The van der Waals surface area contributed by atoms with E-state index in [9.17, 15) is 18.0 Å². The lowest BCUT2D eigenvalue weighted by atomic mass is 10.1. The fraction of sp³-hybridized carbons (Fsp3) is 0.286. The fourth-order valence-corrected chi connectivity index (χ4v) is 5.62. The monoisotopic (exact) mass is 601 g/mol. The summed E-state index contributed by atoms with van der Waals surface area (Å²) in [6.45, 7) is 5.31. The molecule has 8 nitrogen and oxygen atoms in total. The van der Waals surface area contributed by atoms with Gasteiger partial charge in [-0.1, -0.05) is 51.8 Å². The molecule has 0 bridgehead atoms. The molecule has 38 heavy (non-hydrogen) atoms. The van der Waals surface area contributed by atoms with E-state index in [1.807, 2.05) is 6.92 Å². The molecule has 0 aromatic heterocycles. The number of methoxy groups -OCH3 is 1. The van der Waals surface area contributed by atoms with Crippen LogP contribution in [0, 0.1) is 6.92 Å². The summed E-state index contributed by atoms with van der Waals surface area (Å²) >= 11 is 3.39. The first-order valence-corrected chi connectivity index (χ1v) is 14.3. The number of hydrogen-bond acceptors (Lipinski definition) is 5. The first kappa shape index (κ1) is 29.2. The molecule has 0 saturated carbocycles. The van der Waals surface area contributed by atoms with Crippen LogP contribution in [0.5, 0.6) is 5.75 Å². The molecule has 0 aliphatic carbocycles.